The molecular formula is C24H32O7. The van der Waals surface area contributed by atoms with E-state index in [0.717, 1.165) is 12.0 Å². The number of esters is 1. The highest BCUT2D eigenvalue weighted by Crippen LogP contribution is 2.77. The van der Waals surface area contributed by atoms with Crippen molar-refractivity contribution in [1.82, 2.24) is 0 Å². The smallest absolute Gasteiger partial charge is 0.309 e. The Morgan fingerprint density at radius 2 is 2.03 bits per heavy atom. The summed E-state index contributed by atoms with van der Waals surface area (Å²) in [5.74, 6) is -1.60. The van der Waals surface area contributed by atoms with E-state index in [0.29, 0.717) is 32.1 Å². The molecule has 1 heterocycles. The highest BCUT2D eigenvalue weighted by Gasteiger charge is 2.82. The minimum Gasteiger partial charge on any atom is -0.481 e. The van der Waals surface area contributed by atoms with Gasteiger partial charge in [-0.3, -0.25) is 14.4 Å². The van der Waals surface area contributed by atoms with Gasteiger partial charge < -0.3 is 19.7 Å². The molecule has 170 valence electrons. The van der Waals surface area contributed by atoms with Gasteiger partial charge in [-0.15, -0.1) is 0 Å². The van der Waals surface area contributed by atoms with Gasteiger partial charge in [0.2, 0.25) is 0 Å². The van der Waals surface area contributed by atoms with Crippen molar-refractivity contribution in [3.8, 4) is 0 Å². The molecule has 3 saturated carbocycles. The zero-order valence-corrected chi connectivity index (χ0v) is 18.5. The number of fused-ring (bicyclic) bond motifs is 3. The number of rotatable bonds is 4. The number of epoxide rings is 1. The number of methoxy groups -OCH3 is 1. The Bertz CT molecular complexity index is 894. The number of hydrogen-bond acceptors (Lipinski definition) is 6. The fourth-order valence-electron chi connectivity index (χ4n) is 8.22. The van der Waals surface area contributed by atoms with Crippen molar-refractivity contribution in [3.63, 3.8) is 0 Å². The molecule has 1 aliphatic heterocycles. The normalized spacial score (nSPS) is 49.8. The summed E-state index contributed by atoms with van der Waals surface area (Å²) in [6.07, 6.45) is 5.35. The second-order valence-corrected chi connectivity index (χ2v) is 10.9. The van der Waals surface area contributed by atoms with Crippen molar-refractivity contribution < 1.29 is 34.1 Å². The van der Waals surface area contributed by atoms with Crippen LogP contribution in [-0.4, -0.2) is 52.4 Å². The standard InChI is InChI=1S/C24H32O7/c1-21-7-4-14(25)10-13(21)11-15(20(28)30-3)19-16-5-8-23(29,9-6-18(26)27)22(16,2)12-17-24(19,21)31-17/h10,15-17,19,29H,4-9,11-12H2,1-3H3,(H,26,27)/t15-,16+,17?,19-,21+,22+,23-,24?/m1/s1. The summed E-state index contributed by atoms with van der Waals surface area (Å²) >= 11 is 0. The fraction of sp³-hybridized carbons (Fsp3) is 0.792. The lowest BCUT2D eigenvalue weighted by Crippen LogP contribution is -2.63. The summed E-state index contributed by atoms with van der Waals surface area (Å²) in [6.45, 7) is 4.24. The van der Waals surface area contributed by atoms with Crippen molar-refractivity contribution in [3.05, 3.63) is 11.6 Å². The van der Waals surface area contributed by atoms with Gasteiger partial charge in [-0.05, 0) is 50.5 Å². The highest BCUT2D eigenvalue weighted by molar-refractivity contribution is 5.92. The first-order valence-electron chi connectivity index (χ1n) is 11.5. The van der Waals surface area contributed by atoms with Crippen LogP contribution in [0.5, 0.6) is 0 Å². The van der Waals surface area contributed by atoms with Gasteiger partial charge in [0, 0.05) is 29.6 Å². The molecule has 5 aliphatic rings. The van der Waals surface area contributed by atoms with E-state index in [1.165, 1.54) is 7.11 Å². The molecule has 7 heteroatoms. The van der Waals surface area contributed by atoms with Gasteiger partial charge in [-0.1, -0.05) is 19.4 Å². The SMILES string of the molecule is COC(=O)[C@@H]1CC2=CC(=O)CC[C@]2(C)C23OC2C[C@@]2(C)[C@@H](CC[C@@]2(O)CCC(=O)O)[C@@H]13. The summed E-state index contributed by atoms with van der Waals surface area (Å²) in [7, 11) is 1.40. The number of carbonyl (C=O) groups is 3. The van der Waals surface area contributed by atoms with Crippen LogP contribution >= 0.6 is 0 Å². The third kappa shape index (κ3) is 2.50. The third-order valence-corrected chi connectivity index (χ3v) is 9.95. The van der Waals surface area contributed by atoms with Crippen LogP contribution in [0, 0.1) is 28.6 Å². The molecule has 0 amide bonds. The van der Waals surface area contributed by atoms with Gasteiger partial charge in [0.15, 0.2) is 5.78 Å². The molecule has 1 saturated heterocycles. The van der Waals surface area contributed by atoms with Crippen LogP contribution in [0.25, 0.3) is 0 Å². The molecule has 4 fully saturated rings. The molecule has 31 heavy (non-hydrogen) atoms. The van der Waals surface area contributed by atoms with Crippen LogP contribution in [0.3, 0.4) is 0 Å². The average molecular weight is 433 g/mol. The summed E-state index contributed by atoms with van der Waals surface area (Å²) < 4.78 is 11.7. The Morgan fingerprint density at radius 3 is 2.71 bits per heavy atom. The molecule has 7 nitrogen and oxygen atoms in total. The summed E-state index contributed by atoms with van der Waals surface area (Å²) in [4.78, 5) is 36.4. The summed E-state index contributed by atoms with van der Waals surface area (Å²) in [5, 5.41) is 20.9. The van der Waals surface area contributed by atoms with E-state index >= 15 is 0 Å². The van der Waals surface area contributed by atoms with Crippen molar-refractivity contribution in [2.45, 2.75) is 82.5 Å². The molecule has 0 aromatic carbocycles. The Morgan fingerprint density at radius 1 is 1.29 bits per heavy atom. The maximum Gasteiger partial charge on any atom is 0.309 e. The minimum absolute atomic E-state index is 0.0325. The van der Waals surface area contributed by atoms with Crippen molar-refractivity contribution >= 4 is 17.7 Å². The lowest BCUT2D eigenvalue weighted by molar-refractivity contribution is -0.163. The lowest BCUT2D eigenvalue weighted by Gasteiger charge is -2.58. The molecule has 0 aromatic heterocycles. The molecule has 2 unspecified atom stereocenters. The molecule has 1 spiro atoms. The second-order valence-electron chi connectivity index (χ2n) is 10.9. The number of carboxylic acid groups (broad SMARTS) is 1. The van der Waals surface area contributed by atoms with E-state index in [1.807, 2.05) is 0 Å². The van der Waals surface area contributed by atoms with Gasteiger partial charge in [-0.2, -0.15) is 0 Å². The second kappa shape index (κ2) is 6.41. The average Bonchev–Trinajstić information content (AvgIpc) is 3.38. The van der Waals surface area contributed by atoms with Gasteiger partial charge in [0.25, 0.3) is 0 Å². The number of carbonyl (C=O) groups excluding carboxylic acids is 2. The van der Waals surface area contributed by atoms with Crippen molar-refractivity contribution in [2.75, 3.05) is 7.11 Å². The number of aliphatic hydroxyl groups is 1. The zero-order valence-electron chi connectivity index (χ0n) is 18.5. The monoisotopic (exact) mass is 432 g/mol. The van der Waals surface area contributed by atoms with Gasteiger partial charge in [0.05, 0.1) is 24.7 Å². The van der Waals surface area contributed by atoms with Gasteiger partial charge in [0.1, 0.15) is 5.60 Å². The van der Waals surface area contributed by atoms with Crippen LogP contribution in [-0.2, 0) is 23.9 Å². The Labute approximate surface area is 182 Å². The van der Waals surface area contributed by atoms with E-state index in [4.69, 9.17) is 9.47 Å². The molecule has 2 N–H and O–H groups in total. The maximum atomic E-state index is 13.0. The largest absolute Gasteiger partial charge is 0.481 e. The van der Waals surface area contributed by atoms with Crippen LogP contribution in [0.1, 0.15) is 65.2 Å². The molecule has 8 atom stereocenters. The number of carboxylic acids is 1. The molecule has 0 aromatic rings. The Hall–Kier alpha value is -1.73. The number of aliphatic carboxylic acids is 1. The molecule has 0 radical (unpaired) electrons. The van der Waals surface area contributed by atoms with Crippen LogP contribution in [0.15, 0.2) is 11.6 Å². The summed E-state index contributed by atoms with van der Waals surface area (Å²) in [6, 6.07) is 0. The topological polar surface area (TPSA) is 113 Å². The van der Waals surface area contributed by atoms with Crippen LogP contribution < -0.4 is 0 Å². The first-order chi connectivity index (χ1) is 14.5. The molecular weight excluding hydrogens is 400 g/mol. The van der Waals surface area contributed by atoms with E-state index in [2.05, 4.69) is 13.8 Å². The first kappa shape index (κ1) is 21.1. The Kier molecular flexibility index (Phi) is 4.37. The van der Waals surface area contributed by atoms with Gasteiger partial charge in [-0.25, -0.2) is 0 Å². The molecule has 0 bridgehead atoms. The highest BCUT2D eigenvalue weighted by atomic mass is 16.6. The van der Waals surface area contributed by atoms with E-state index in [-0.39, 0.29) is 47.9 Å². The first-order valence-corrected chi connectivity index (χ1v) is 11.5. The predicted molar refractivity (Wildman–Crippen MR) is 109 cm³/mol. The van der Waals surface area contributed by atoms with Crippen molar-refractivity contribution in [2.24, 2.45) is 28.6 Å². The van der Waals surface area contributed by atoms with E-state index in [9.17, 15) is 24.6 Å². The predicted octanol–water partition coefficient (Wildman–Crippen LogP) is 2.64. The third-order valence-electron chi connectivity index (χ3n) is 9.95. The molecule has 4 aliphatic carbocycles. The van der Waals surface area contributed by atoms with E-state index in [1.54, 1.807) is 6.08 Å². The quantitative estimate of drug-likeness (QED) is 0.519. The number of ketones is 1. The number of ether oxygens (including phenoxy) is 2. The zero-order chi connectivity index (χ0) is 22.4. The number of hydrogen-bond donors (Lipinski definition) is 2. The molecule has 5 rings (SSSR count). The van der Waals surface area contributed by atoms with Crippen LogP contribution in [0.2, 0.25) is 0 Å². The maximum absolute atomic E-state index is 13.0. The fourth-order valence-corrected chi connectivity index (χ4v) is 8.22. The van der Waals surface area contributed by atoms with Gasteiger partial charge >= 0.3 is 11.9 Å². The van der Waals surface area contributed by atoms with Crippen LogP contribution in [0.4, 0.5) is 0 Å². The Balaban J connectivity index is 1.59. The van der Waals surface area contributed by atoms with E-state index < -0.39 is 28.5 Å². The lowest BCUT2D eigenvalue weighted by atomic mass is 9.43. The van der Waals surface area contributed by atoms with Crippen molar-refractivity contribution in [1.29, 1.82) is 0 Å². The minimum atomic E-state index is -1.09. The summed E-state index contributed by atoms with van der Waals surface area (Å²) in [5.41, 5.74) is -1.43.